The zero-order valence-electron chi connectivity index (χ0n) is 30.5. The van der Waals surface area contributed by atoms with Crippen molar-refractivity contribution < 1.29 is 0 Å². The van der Waals surface area contributed by atoms with Gasteiger partial charge in [0, 0.05) is 21.9 Å². The van der Waals surface area contributed by atoms with E-state index in [0.717, 1.165) is 33.6 Å². The molecule has 3 heterocycles. The number of para-hydroxylation sites is 3. The van der Waals surface area contributed by atoms with E-state index in [-0.39, 0.29) is 0 Å². The first-order valence-electron chi connectivity index (χ1n) is 19.4. The van der Waals surface area contributed by atoms with Gasteiger partial charge in [0.2, 0.25) is 0 Å². The molecule has 8 aromatic carbocycles. The van der Waals surface area contributed by atoms with E-state index >= 15 is 0 Å². The first-order chi connectivity index (χ1) is 27.8. The second-order valence-corrected chi connectivity index (χ2v) is 15.1. The van der Waals surface area contributed by atoms with Crippen LogP contribution in [-0.4, -0.2) is 9.55 Å². The summed E-state index contributed by atoms with van der Waals surface area (Å²) in [4.78, 5) is 5.11. The van der Waals surface area contributed by atoms with Crippen molar-refractivity contribution in [3.05, 3.63) is 229 Å². The highest BCUT2D eigenvalue weighted by molar-refractivity contribution is 6.12. The fourth-order valence-corrected chi connectivity index (χ4v) is 9.81. The summed E-state index contributed by atoms with van der Waals surface area (Å²) >= 11 is 0. The van der Waals surface area contributed by atoms with Crippen LogP contribution in [-0.2, 0) is 5.41 Å². The van der Waals surface area contributed by atoms with E-state index in [2.05, 4.69) is 211 Å². The monoisotopic (exact) mass is 710 g/mol. The van der Waals surface area contributed by atoms with Gasteiger partial charge in [0.05, 0.1) is 33.5 Å². The molecule has 1 aliphatic heterocycles. The predicted octanol–water partition coefficient (Wildman–Crippen LogP) is 13.5. The molecule has 0 radical (unpaired) electrons. The Morgan fingerprint density at radius 1 is 0.339 bits per heavy atom. The average Bonchev–Trinajstić information content (AvgIpc) is 3.77. The van der Waals surface area contributed by atoms with Crippen LogP contribution in [0.2, 0.25) is 0 Å². The van der Waals surface area contributed by atoms with Crippen LogP contribution in [0, 0.1) is 0 Å². The average molecular weight is 711 g/mol. The first kappa shape index (κ1) is 31.1. The molecule has 1 aliphatic carbocycles. The molecule has 2 nitrogen and oxygen atoms in total. The number of aromatic nitrogens is 2. The molecule has 10 aromatic rings. The van der Waals surface area contributed by atoms with Crippen molar-refractivity contribution in [3.63, 3.8) is 0 Å². The van der Waals surface area contributed by atoms with E-state index < -0.39 is 5.41 Å². The normalized spacial score (nSPS) is 14.9. The SMILES string of the molecule is c1ccc(-c2cc(-c3ccc(-c4ccc5c(c4)C4(c6ccccc6-5)c5ccccc5-n5c6ccccc6c6cccc4c65)cc3)cc(-c3ccccc3)n2)cc1. The fraction of sp³-hybridized carbons (Fsp3) is 0.0185. The molecule has 1 unspecified atom stereocenters. The van der Waals surface area contributed by atoms with Crippen LogP contribution in [0.25, 0.3) is 83.4 Å². The summed E-state index contributed by atoms with van der Waals surface area (Å²) in [5.74, 6) is 0. The van der Waals surface area contributed by atoms with Crippen LogP contribution in [0.3, 0.4) is 0 Å². The summed E-state index contributed by atoms with van der Waals surface area (Å²) in [7, 11) is 0. The van der Waals surface area contributed by atoms with Crippen molar-refractivity contribution in [1.29, 1.82) is 0 Å². The standard InChI is InChI=1S/C54H34N2/c1-3-14-37(15-4-1)49-33-40(34-50(55-49)38-16-5-2-6-17-38)36-28-26-35(27-29-36)39-30-31-42-41-18-7-9-21-45(41)54(48(42)32-39)46-22-10-12-25-52(46)56-51-24-11-8-19-43(51)44-20-13-23-47(54)53(44)56/h1-34H. The van der Waals surface area contributed by atoms with E-state index in [9.17, 15) is 0 Å². The van der Waals surface area contributed by atoms with Gasteiger partial charge in [0.15, 0.2) is 0 Å². The predicted molar refractivity (Wildman–Crippen MR) is 231 cm³/mol. The van der Waals surface area contributed by atoms with Gasteiger partial charge < -0.3 is 4.57 Å². The molecule has 1 atom stereocenters. The molecule has 260 valence electrons. The van der Waals surface area contributed by atoms with Gasteiger partial charge in [-0.05, 0) is 86.0 Å². The number of benzene rings is 8. The Hall–Kier alpha value is -7.29. The molecule has 1 spiro atoms. The molecule has 2 aromatic heterocycles. The van der Waals surface area contributed by atoms with Crippen LogP contribution in [0.4, 0.5) is 0 Å². The van der Waals surface area contributed by atoms with Gasteiger partial charge in [-0.1, -0.05) is 176 Å². The van der Waals surface area contributed by atoms with Gasteiger partial charge in [0.1, 0.15) is 0 Å². The second kappa shape index (κ2) is 11.9. The Morgan fingerprint density at radius 2 is 0.893 bits per heavy atom. The smallest absolute Gasteiger partial charge is 0.0754 e. The Bertz CT molecular complexity index is 3120. The summed E-state index contributed by atoms with van der Waals surface area (Å²) in [5, 5.41) is 2.59. The lowest BCUT2D eigenvalue weighted by molar-refractivity contribution is 0.749. The minimum Gasteiger partial charge on any atom is -0.309 e. The number of hydrogen-bond donors (Lipinski definition) is 0. The number of hydrogen-bond acceptors (Lipinski definition) is 1. The van der Waals surface area contributed by atoms with Gasteiger partial charge >= 0.3 is 0 Å². The van der Waals surface area contributed by atoms with Crippen molar-refractivity contribution >= 4 is 21.8 Å². The van der Waals surface area contributed by atoms with Gasteiger partial charge in [-0.3, -0.25) is 0 Å². The maximum Gasteiger partial charge on any atom is 0.0754 e. The van der Waals surface area contributed by atoms with Crippen molar-refractivity contribution in [2.75, 3.05) is 0 Å². The van der Waals surface area contributed by atoms with Crippen LogP contribution in [0.5, 0.6) is 0 Å². The van der Waals surface area contributed by atoms with Crippen LogP contribution < -0.4 is 0 Å². The first-order valence-corrected chi connectivity index (χ1v) is 19.4. The summed E-state index contributed by atoms with van der Waals surface area (Å²) < 4.78 is 2.51. The minimum absolute atomic E-state index is 0.471. The van der Waals surface area contributed by atoms with E-state index in [0.29, 0.717) is 0 Å². The van der Waals surface area contributed by atoms with E-state index in [1.807, 2.05) is 0 Å². The molecule has 2 heteroatoms. The molecule has 0 saturated carbocycles. The summed E-state index contributed by atoms with van der Waals surface area (Å²) in [6, 6.07) is 75.6. The summed E-state index contributed by atoms with van der Waals surface area (Å²) in [6.07, 6.45) is 0. The molecule has 0 bridgehead atoms. The molecular formula is C54H34N2. The molecule has 0 saturated heterocycles. The van der Waals surface area contributed by atoms with Gasteiger partial charge in [-0.2, -0.15) is 0 Å². The van der Waals surface area contributed by atoms with Crippen molar-refractivity contribution in [2.45, 2.75) is 5.41 Å². The third-order valence-corrected chi connectivity index (χ3v) is 12.2. The highest BCUT2D eigenvalue weighted by Crippen LogP contribution is 2.61. The summed E-state index contributed by atoms with van der Waals surface area (Å²) in [5.41, 5.74) is 20.1. The van der Waals surface area contributed by atoms with E-state index in [1.165, 1.54) is 72.0 Å². The van der Waals surface area contributed by atoms with E-state index in [4.69, 9.17) is 4.98 Å². The Balaban J connectivity index is 1.04. The number of nitrogens with zero attached hydrogens (tertiary/aromatic N) is 2. The largest absolute Gasteiger partial charge is 0.309 e. The topological polar surface area (TPSA) is 17.8 Å². The molecule has 0 N–H and O–H groups in total. The highest BCUT2D eigenvalue weighted by atomic mass is 15.0. The fourth-order valence-electron chi connectivity index (χ4n) is 9.81. The maximum atomic E-state index is 5.11. The zero-order chi connectivity index (χ0) is 36.8. The van der Waals surface area contributed by atoms with Gasteiger partial charge in [-0.15, -0.1) is 0 Å². The molecule has 12 rings (SSSR count). The zero-order valence-corrected chi connectivity index (χ0v) is 30.5. The number of rotatable bonds is 4. The highest BCUT2D eigenvalue weighted by Gasteiger charge is 2.50. The van der Waals surface area contributed by atoms with Crippen LogP contribution >= 0.6 is 0 Å². The van der Waals surface area contributed by atoms with Crippen LogP contribution in [0.15, 0.2) is 206 Å². The molecule has 0 fully saturated rings. The van der Waals surface area contributed by atoms with Crippen molar-refractivity contribution in [3.8, 4) is 61.6 Å². The second-order valence-electron chi connectivity index (χ2n) is 15.1. The van der Waals surface area contributed by atoms with Gasteiger partial charge in [-0.25, -0.2) is 4.98 Å². The van der Waals surface area contributed by atoms with E-state index in [1.54, 1.807) is 0 Å². The quantitative estimate of drug-likeness (QED) is 0.178. The van der Waals surface area contributed by atoms with Gasteiger partial charge in [0.25, 0.3) is 0 Å². The number of fused-ring (bicyclic) bond motifs is 12. The Kier molecular flexibility index (Phi) is 6.58. The summed E-state index contributed by atoms with van der Waals surface area (Å²) in [6.45, 7) is 0. The number of pyridine rings is 1. The Labute approximate surface area is 325 Å². The molecular weight excluding hydrogens is 677 g/mol. The van der Waals surface area contributed by atoms with Crippen LogP contribution in [0.1, 0.15) is 22.3 Å². The Morgan fingerprint density at radius 3 is 1.64 bits per heavy atom. The molecule has 2 aliphatic rings. The van der Waals surface area contributed by atoms with Crippen molar-refractivity contribution in [1.82, 2.24) is 9.55 Å². The lowest BCUT2D eigenvalue weighted by Crippen LogP contribution is -2.33. The molecule has 0 amide bonds. The third kappa shape index (κ3) is 4.30. The molecule has 56 heavy (non-hydrogen) atoms. The maximum absolute atomic E-state index is 5.11. The lowest BCUT2D eigenvalue weighted by Gasteiger charge is -2.39. The third-order valence-electron chi connectivity index (χ3n) is 12.2. The lowest BCUT2D eigenvalue weighted by atomic mass is 9.65. The minimum atomic E-state index is -0.471. The van der Waals surface area contributed by atoms with Crippen molar-refractivity contribution in [2.24, 2.45) is 0 Å².